The Morgan fingerprint density at radius 2 is 2.09 bits per heavy atom. The number of nitriles is 1. The highest BCUT2D eigenvalue weighted by Crippen LogP contribution is 2.46. The zero-order valence-electron chi connectivity index (χ0n) is 18.8. The van der Waals surface area contributed by atoms with E-state index >= 15 is 0 Å². The maximum Gasteiger partial charge on any atom is 0.410 e. The first-order chi connectivity index (χ1) is 16.8. The predicted molar refractivity (Wildman–Crippen MR) is 125 cm³/mol. The minimum absolute atomic E-state index is 0.0193. The highest BCUT2D eigenvalue weighted by Gasteiger charge is 2.47. The summed E-state index contributed by atoms with van der Waals surface area (Å²) in [5.74, 6) is -0.185. The van der Waals surface area contributed by atoms with Crippen molar-refractivity contribution in [3.05, 3.63) is 57.6 Å². The summed E-state index contributed by atoms with van der Waals surface area (Å²) in [7, 11) is 1.46. The lowest BCUT2D eigenvalue weighted by molar-refractivity contribution is -0.173. The number of hydrogen-bond donors (Lipinski definition) is 2. The molecule has 0 fully saturated rings. The van der Waals surface area contributed by atoms with Gasteiger partial charge in [0, 0.05) is 16.9 Å². The van der Waals surface area contributed by atoms with Crippen molar-refractivity contribution in [3.63, 3.8) is 0 Å². The third-order valence-electron chi connectivity index (χ3n) is 6.51. The van der Waals surface area contributed by atoms with Crippen LogP contribution in [0.4, 0.5) is 24.0 Å². The molecule has 1 aliphatic heterocycles. The number of amides is 1. The van der Waals surface area contributed by atoms with E-state index in [1.54, 1.807) is 24.3 Å². The van der Waals surface area contributed by atoms with Gasteiger partial charge in [-0.25, -0.2) is 4.68 Å². The van der Waals surface area contributed by atoms with Crippen LogP contribution in [0.3, 0.4) is 0 Å². The van der Waals surface area contributed by atoms with Crippen molar-refractivity contribution in [2.24, 2.45) is 0 Å². The Labute approximate surface area is 203 Å². The van der Waals surface area contributed by atoms with Crippen LogP contribution in [0.25, 0.3) is 0 Å². The fourth-order valence-electron chi connectivity index (χ4n) is 4.83. The molecule has 2 atom stereocenters. The summed E-state index contributed by atoms with van der Waals surface area (Å²) in [5, 5.41) is 19.9. The van der Waals surface area contributed by atoms with Crippen molar-refractivity contribution in [1.29, 1.82) is 5.26 Å². The van der Waals surface area contributed by atoms with Gasteiger partial charge in [-0.05, 0) is 37.3 Å². The van der Waals surface area contributed by atoms with Crippen LogP contribution in [0.2, 0.25) is 0 Å². The number of ether oxygens (including phenoxy) is 1. The normalized spacial score (nSPS) is 19.2. The van der Waals surface area contributed by atoms with Gasteiger partial charge in [0.1, 0.15) is 28.2 Å². The van der Waals surface area contributed by atoms with E-state index in [4.69, 9.17) is 4.74 Å². The third kappa shape index (κ3) is 4.12. The Morgan fingerprint density at radius 1 is 1.31 bits per heavy atom. The molecule has 7 nitrogen and oxygen atoms in total. The smallest absolute Gasteiger partial charge is 0.410 e. The summed E-state index contributed by atoms with van der Waals surface area (Å²) in [6.45, 7) is 0. The van der Waals surface area contributed by atoms with Gasteiger partial charge < -0.3 is 15.4 Å². The van der Waals surface area contributed by atoms with E-state index in [0.29, 0.717) is 21.9 Å². The van der Waals surface area contributed by atoms with Gasteiger partial charge in [-0.1, -0.05) is 18.2 Å². The summed E-state index contributed by atoms with van der Waals surface area (Å²) >= 11 is 1.36. The van der Waals surface area contributed by atoms with Crippen LogP contribution in [-0.4, -0.2) is 29.0 Å². The van der Waals surface area contributed by atoms with Gasteiger partial charge >= 0.3 is 6.18 Å². The molecule has 2 N–H and O–H groups in total. The molecule has 0 radical (unpaired) electrons. The molecule has 0 unspecified atom stereocenters. The summed E-state index contributed by atoms with van der Waals surface area (Å²) in [4.78, 5) is 14.3. The highest BCUT2D eigenvalue weighted by molar-refractivity contribution is 7.16. The molecule has 1 aliphatic carbocycles. The number of hydrogen-bond acceptors (Lipinski definition) is 6. The Balaban J connectivity index is 1.51. The number of nitrogens with one attached hydrogen (secondary N) is 2. The molecule has 0 saturated heterocycles. The second-order valence-corrected chi connectivity index (χ2v) is 9.67. The molecule has 3 heterocycles. The van der Waals surface area contributed by atoms with Crippen LogP contribution in [-0.2, 0) is 12.8 Å². The molecule has 35 heavy (non-hydrogen) atoms. The van der Waals surface area contributed by atoms with Crippen molar-refractivity contribution in [2.45, 2.75) is 50.4 Å². The van der Waals surface area contributed by atoms with Crippen LogP contribution in [0.1, 0.15) is 63.3 Å². The third-order valence-corrected chi connectivity index (χ3v) is 7.71. The average Bonchev–Trinajstić information content (AvgIpc) is 3.43. The Kier molecular flexibility index (Phi) is 5.92. The minimum Gasteiger partial charge on any atom is -0.496 e. The van der Waals surface area contributed by atoms with Crippen molar-refractivity contribution >= 4 is 28.1 Å². The van der Waals surface area contributed by atoms with Crippen LogP contribution in [0, 0.1) is 11.3 Å². The Bertz CT molecular complexity index is 1320. The molecule has 0 saturated carbocycles. The van der Waals surface area contributed by atoms with Gasteiger partial charge in [-0.2, -0.15) is 23.5 Å². The summed E-state index contributed by atoms with van der Waals surface area (Å²) < 4.78 is 48.3. The van der Waals surface area contributed by atoms with E-state index in [0.717, 1.165) is 47.0 Å². The topological polar surface area (TPSA) is 92.0 Å². The quantitative estimate of drug-likeness (QED) is 0.484. The average molecular weight is 502 g/mol. The van der Waals surface area contributed by atoms with E-state index in [-0.39, 0.29) is 17.8 Å². The maximum atomic E-state index is 14.0. The summed E-state index contributed by atoms with van der Waals surface area (Å²) in [6.07, 6.45) is -0.105. The fourth-order valence-corrected chi connectivity index (χ4v) is 6.06. The van der Waals surface area contributed by atoms with Crippen molar-refractivity contribution in [1.82, 2.24) is 9.78 Å². The molecule has 2 aliphatic rings. The largest absolute Gasteiger partial charge is 0.496 e. The van der Waals surface area contributed by atoms with Crippen molar-refractivity contribution < 1.29 is 22.7 Å². The van der Waals surface area contributed by atoms with Gasteiger partial charge in [0.05, 0.1) is 24.9 Å². The number of halogens is 3. The van der Waals surface area contributed by atoms with Crippen molar-refractivity contribution in [2.75, 3.05) is 17.7 Å². The molecule has 11 heteroatoms. The van der Waals surface area contributed by atoms with Crippen LogP contribution >= 0.6 is 11.3 Å². The first-order valence-electron chi connectivity index (χ1n) is 11.2. The Morgan fingerprint density at radius 3 is 2.83 bits per heavy atom. The lowest BCUT2D eigenvalue weighted by Gasteiger charge is -2.34. The number of carbonyl (C=O) groups is 1. The monoisotopic (exact) mass is 501 g/mol. The van der Waals surface area contributed by atoms with Crippen LogP contribution in [0.5, 0.6) is 5.75 Å². The van der Waals surface area contributed by atoms with Gasteiger partial charge in [-0.3, -0.25) is 4.79 Å². The summed E-state index contributed by atoms with van der Waals surface area (Å²) in [5.41, 5.74) is 1.93. The number of rotatable bonds is 4. The lowest BCUT2D eigenvalue weighted by atomic mass is 9.95. The number of nitrogens with zero attached hydrogens (tertiary/aromatic N) is 3. The SMILES string of the molecule is COc1ccccc1[C@@H]1C[C@H](C(F)(F)F)n2ncc(C(=O)Nc3sc4c(c3C#N)CCCC4)c2N1. The number of aryl methyl sites for hydroxylation is 1. The molecule has 1 aromatic carbocycles. The number of fused-ring (bicyclic) bond motifs is 2. The number of carbonyl (C=O) groups excluding carboxylic acids is 1. The van der Waals surface area contributed by atoms with E-state index in [9.17, 15) is 23.2 Å². The number of thiophene rings is 1. The predicted octanol–water partition coefficient (Wildman–Crippen LogP) is 5.62. The molecule has 2 aromatic heterocycles. The van der Waals surface area contributed by atoms with E-state index in [2.05, 4.69) is 21.8 Å². The lowest BCUT2D eigenvalue weighted by Crippen LogP contribution is -2.36. The second-order valence-electron chi connectivity index (χ2n) is 8.56. The van der Waals surface area contributed by atoms with E-state index in [1.165, 1.54) is 18.4 Å². The van der Waals surface area contributed by atoms with E-state index in [1.807, 2.05) is 0 Å². The zero-order valence-corrected chi connectivity index (χ0v) is 19.6. The molecular weight excluding hydrogens is 479 g/mol. The molecule has 1 amide bonds. The van der Waals surface area contributed by atoms with Crippen molar-refractivity contribution in [3.8, 4) is 11.8 Å². The first kappa shape index (κ1) is 23.2. The highest BCUT2D eigenvalue weighted by atomic mass is 32.1. The number of aromatic nitrogens is 2. The second kappa shape index (κ2) is 8.92. The molecule has 0 bridgehead atoms. The maximum absolute atomic E-state index is 14.0. The van der Waals surface area contributed by atoms with Crippen LogP contribution < -0.4 is 15.4 Å². The molecule has 5 rings (SSSR count). The number of benzene rings is 1. The van der Waals surface area contributed by atoms with Gasteiger partial charge in [0.15, 0.2) is 6.04 Å². The number of anilines is 2. The van der Waals surface area contributed by atoms with Gasteiger partial charge in [0.25, 0.3) is 5.91 Å². The number of para-hydroxylation sites is 1. The van der Waals surface area contributed by atoms with Crippen LogP contribution in [0.15, 0.2) is 30.5 Å². The number of alkyl halides is 3. The standard InChI is InChI=1S/C24H22F3N5O2S/c1-34-18-8-4-2-7-14(18)17-10-20(24(25,26)27)32-21(30-17)16(12-29-32)22(33)31-23-15(11-28)13-6-3-5-9-19(13)35-23/h2,4,7-8,12,17,20,30H,3,5-6,9-10H2,1H3,(H,31,33)/t17-,20+/m0/s1. The molecular formula is C24H22F3N5O2S. The van der Waals surface area contributed by atoms with Gasteiger partial charge in [0.2, 0.25) is 0 Å². The zero-order chi connectivity index (χ0) is 24.7. The molecule has 3 aromatic rings. The van der Waals surface area contributed by atoms with E-state index < -0.39 is 24.2 Å². The first-order valence-corrected chi connectivity index (χ1v) is 12.0. The summed E-state index contributed by atoms with van der Waals surface area (Å²) in [6, 6.07) is 6.36. The fraction of sp³-hybridized carbons (Fsp3) is 0.375. The molecule has 0 spiro atoms. The Hall–Kier alpha value is -3.52. The number of methoxy groups -OCH3 is 1. The molecule has 182 valence electrons. The minimum atomic E-state index is -4.57. The van der Waals surface area contributed by atoms with Gasteiger partial charge in [-0.15, -0.1) is 11.3 Å².